The van der Waals surface area contributed by atoms with Crippen molar-refractivity contribution in [2.45, 2.75) is 32.1 Å². The Balaban J connectivity index is 0.000000380. The minimum atomic E-state index is -1.82. The van der Waals surface area contributed by atoms with E-state index in [0.717, 1.165) is 39.0 Å². The second-order valence-electron chi connectivity index (χ2n) is 6.96. The van der Waals surface area contributed by atoms with Gasteiger partial charge in [-0.15, -0.1) is 0 Å². The molecule has 2 N–H and O–H groups in total. The van der Waals surface area contributed by atoms with E-state index in [-0.39, 0.29) is 11.8 Å². The van der Waals surface area contributed by atoms with E-state index in [4.69, 9.17) is 19.8 Å². The number of carbonyl (C=O) groups excluding carboxylic acids is 2. The van der Waals surface area contributed by atoms with E-state index in [2.05, 4.69) is 4.90 Å². The third kappa shape index (κ3) is 6.47. The Labute approximate surface area is 158 Å². The van der Waals surface area contributed by atoms with E-state index in [1.807, 2.05) is 4.90 Å². The summed E-state index contributed by atoms with van der Waals surface area (Å²) in [5, 5.41) is 18.1. The quantitative estimate of drug-likeness (QED) is 0.613. The molecule has 10 heteroatoms. The first kappa shape index (κ1) is 21.1. The average Bonchev–Trinajstić information content (AvgIpc) is 2.78. The first-order chi connectivity index (χ1) is 12.9. The molecule has 0 aliphatic carbocycles. The third-order valence-electron chi connectivity index (χ3n) is 4.94. The number of hydrogen-bond acceptors (Lipinski definition) is 6. The van der Waals surface area contributed by atoms with Crippen LogP contribution < -0.4 is 0 Å². The summed E-state index contributed by atoms with van der Waals surface area (Å²) in [5.74, 6) is -3.48. The summed E-state index contributed by atoms with van der Waals surface area (Å²) in [6, 6.07) is 0. The highest BCUT2D eigenvalue weighted by molar-refractivity contribution is 6.27. The van der Waals surface area contributed by atoms with Gasteiger partial charge in [0.2, 0.25) is 0 Å². The van der Waals surface area contributed by atoms with Crippen molar-refractivity contribution in [1.82, 2.24) is 19.8 Å². The average molecular weight is 384 g/mol. The van der Waals surface area contributed by atoms with Crippen molar-refractivity contribution in [2.75, 3.05) is 52.4 Å². The molecule has 0 aromatic carbocycles. The number of piperidine rings is 1. The predicted octanol–water partition coefficient (Wildman–Crippen LogP) is -0.690. The zero-order chi connectivity index (χ0) is 19.8. The molecule has 3 saturated heterocycles. The number of rotatable bonds is 3. The van der Waals surface area contributed by atoms with Crippen molar-refractivity contribution in [1.29, 1.82) is 0 Å². The molecule has 3 aliphatic heterocycles. The van der Waals surface area contributed by atoms with Gasteiger partial charge in [-0.25, -0.2) is 9.59 Å². The topological polar surface area (TPSA) is 122 Å². The highest BCUT2D eigenvalue weighted by atomic mass is 16.4. The van der Waals surface area contributed by atoms with E-state index in [9.17, 15) is 9.59 Å². The van der Waals surface area contributed by atoms with Crippen LogP contribution in [0.4, 0.5) is 0 Å². The van der Waals surface area contributed by atoms with Crippen molar-refractivity contribution >= 4 is 23.8 Å². The van der Waals surface area contributed by atoms with Crippen LogP contribution in [0.1, 0.15) is 32.1 Å². The summed E-state index contributed by atoms with van der Waals surface area (Å²) in [5.41, 5.74) is 0. The van der Waals surface area contributed by atoms with Crippen LogP contribution >= 0.6 is 0 Å². The maximum Gasteiger partial charge on any atom is 0.414 e. The molecule has 2 amide bonds. The van der Waals surface area contributed by atoms with Crippen LogP contribution in [0.2, 0.25) is 0 Å². The summed E-state index contributed by atoms with van der Waals surface area (Å²) in [6.45, 7) is 6.28. The highest BCUT2D eigenvalue weighted by Crippen LogP contribution is 2.15. The Kier molecular flexibility index (Phi) is 7.99. The van der Waals surface area contributed by atoms with Crippen LogP contribution in [-0.4, -0.2) is 106 Å². The van der Waals surface area contributed by atoms with Gasteiger partial charge in [0, 0.05) is 26.2 Å². The van der Waals surface area contributed by atoms with Gasteiger partial charge in [0.05, 0.1) is 13.1 Å². The predicted molar refractivity (Wildman–Crippen MR) is 94.7 cm³/mol. The SMILES string of the molecule is O=C(O)C(=O)O.O=C1CN(CCN2CCCCC2)CC(=O)N2CCCCN12. The molecule has 0 radical (unpaired) electrons. The van der Waals surface area contributed by atoms with Crippen molar-refractivity contribution in [3.8, 4) is 0 Å². The Bertz CT molecular complexity index is 526. The van der Waals surface area contributed by atoms with Crippen LogP contribution in [0.3, 0.4) is 0 Å². The number of likely N-dealkylation sites (tertiary alicyclic amines) is 1. The first-order valence-corrected chi connectivity index (χ1v) is 9.40. The van der Waals surface area contributed by atoms with Crippen molar-refractivity contribution < 1.29 is 29.4 Å². The van der Waals surface area contributed by atoms with Gasteiger partial charge in [-0.2, -0.15) is 0 Å². The molecular weight excluding hydrogens is 356 g/mol. The van der Waals surface area contributed by atoms with Crippen LogP contribution in [0.5, 0.6) is 0 Å². The Hall–Kier alpha value is -2.20. The lowest BCUT2D eigenvalue weighted by Gasteiger charge is -2.36. The molecule has 0 aromatic heterocycles. The molecule has 0 atom stereocenters. The van der Waals surface area contributed by atoms with E-state index < -0.39 is 11.9 Å². The fourth-order valence-electron chi connectivity index (χ4n) is 3.51. The van der Waals surface area contributed by atoms with Gasteiger partial charge < -0.3 is 15.1 Å². The maximum atomic E-state index is 12.3. The lowest BCUT2D eigenvalue weighted by atomic mass is 10.1. The molecule has 0 bridgehead atoms. The van der Waals surface area contributed by atoms with Gasteiger partial charge in [0.25, 0.3) is 11.8 Å². The van der Waals surface area contributed by atoms with Gasteiger partial charge in [0.1, 0.15) is 0 Å². The van der Waals surface area contributed by atoms with Gasteiger partial charge >= 0.3 is 11.9 Å². The minimum absolute atomic E-state index is 0.0826. The molecule has 0 unspecified atom stereocenters. The second kappa shape index (κ2) is 10.2. The Morgan fingerprint density at radius 1 is 0.667 bits per heavy atom. The van der Waals surface area contributed by atoms with Crippen molar-refractivity contribution in [2.24, 2.45) is 0 Å². The summed E-state index contributed by atoms with van der Waals surface area (Å²) in [6.07, 6.45) is 5.90. The van der Waals surface area contributed by atoms with Crippen molar-refractivity contribution in [3.63, 3.8) is 0 Å². The van der Waals surface area contributed by atoms with Gasteiger partial charge in [0.15, 0.2) is 0 Å². The van der Waals surface area contributed by atoms with E-state index in [1.54, 1.807) is 10.0 Å². The number of carboxylic acids is 2. The molecule has 3 aliphatic rings. The van der Waals surface area contributed by atoms with Crippen LogP contribution in [0.25, 0.3) is 0 Å². The molecule has 0 aromatic rings. The molecule has 3 rings (SSSR count). The number of aliphatic carboxylic acids is 2. The number of amides is 2. The molecule has 27 heavy (non-hydrogen) atoms. The number of fused-ring (bicyclic) bond motifs is 1. The second-order valence-corrected chi connectivity index (χ2v) is 6.96. The number of carbonyl (C=O) groups is 4. The number of nitrogens with zero attached hydrogens (tertiary/aromatic N) is 4. The smallest absolute Gasteiger partial charge is 0.414 e. The first-order valence-electron chi connectivity index (χ1n) is 9.40. The lowest BCUT2D eigenvalue weighted by molar-refractivity contribution is -0.163. The molecule has 10 nitrogen and oxygen atoms in total. The van der Waals surface area contributed by atoms with Gasteiger partial charge in [-0.1, -0.05) is 6.42 Å². The molecule has 0 saturated carbocycles. The fraction of sp³-hybridized carbons (Fsp3) is 0.765. The Morgan fingerprint density at radius 2 is 1.07 bits per heavy atom. The summed E-state index contributed by atoms with van der Waals surface area (Å²) >= 11 is 0. The van der Waals surface area contributed by atoms with Crippen molar-refractivity contribution in [3.05, 3.63) is 0 Å². The summed E-state index contributed by atoms with van der Waals surface area (Å²) in [7, 11) is 0. The normalized spacial score (nSPS) is 21.8. The monoisotopic (exact) mass is 384 g/mol. The summed E-state index contributed by atoms with van der Waals surface area (Å²) < 4.78 is 0. The van der Waals surface area contributed by atoms with Crippen LogP contribution in [0, 0.1) is 0 Å². The summed E-state index contributed by atoms with van der Waals surface area (Å²) in [4.78, 5) is 47.3. The fourth-order valence-corrected chi connectivity index (χ4v) is 3.51. The number of hydrazine groups is 1. The standard InChI is InChI=1S/C15H26N4O2.C2H2O4/c20-14-12-17(11-10-16-6-2-1-3-7-16)13-15(21)19-9-5-4-8-18(14)19;3-1(4)2(5)6/h1-13H2;(H,3,4)(H,5,6). The highest BCUT2D eigenvalue weighted by Gasteiger charge is 2.34. The minimum Gasteiger partial charge on any atom is -0.473 e. The van der Waals surface area contributed by atoms with Gasteiger partial charge in [-0.3, -0.25) is 24.5 Å². The van der Waals surface area contributed by atoms with E-state index in [0.29, 0.717) is 26.2 Å². The molecule has 0 spiro atoms. The van der Waals surface area contributed by atoms with E-state index in [1.165, 1.54) is 19.3 Å². The molecule has 152 valence electrons. The third-order valence-corrected chi connectivity index (χ3v) is 4.94. The van der Waals surface area contributed by atoms with Crippen LogP contribution in [-0.2, 0) is 19.2 Å². The molecular formula is C17H28N4O6. The lowest BCUT2D eigenvalue weighted by Crippen LogP contribution is -2.52. The number of carboxylic acid groups (broad SMARTS) is 2. The van der Waals surface area contributed by atoms with E-state index >= 15 is 0 Å². The molecule has 3 heterocycles. The van der Waals surface area contributed by atoms with Crippen LogP contribution in [0.15, 0.2) is 0 Å². The Morgan fingerprint density at radius 3 is 1.52 bits per heavy atom. The molecule has 3 fully saturated rings. The van der Waals surface area contributed by atoms with Gasteiger partial charge in [-0.05, 0) is 38.8 Å². The number of hydrogen-bond donors (Lipinski definition) is 2. The zero-order valence-electron chi connectivity index (χ0n) is 15.5. The maximum absolute atomic E-state index is 12.3. The zero-order valence-corrected chi connectivity index (χ0v) is 15.5. The largest absolute Gasteiger partial charge is 0.473 e.